The van der Waals surface area contributed by atoms with Crippen molar-refractivity contribution in [2.45, 2.75) is 162 Å². The molecule has 24 nitrogen and oxygen atoms in total. The molecule has 4 unspecified atom stereocenters. The van der Waals surface area contributed by atoms with Crippen molar-refractivity contribution >= 4 is 87.1 Å². The summed E-state index contributed by atoms with van der Waals surface area (Å²) in [5, 5.41) is 4.81. The number of pyridine rings is 2. The Bertz CT molecular complexity index is 4250. The Kier molecular flexibility index (Phi) is 21.0. The molecule has 4 aliphatic heterocycles. The quantitative estimate of drug-likeness (QED) is 0.134. The normalized spacial score (nSPS) is 17.4. The van der Waals surface area contributed by atoms with Gasteiger partial charge in [0, 0.05) is 101 Å². The zero-order chi connectivity index (χ0) is 70.4. The van der Waals surface area contributed by atoms with Gasteiger partial charge in [-0.05, 0) is 161 Å². The molecule has 2 aromatic carbocycles. The highest BCUT2D eigenvalue weighted by atomic mass is 35.5. The third-order valence-electron chi connectivity index (χ3n) is 17.3. The fourth-order valence-corrected chi connectivity index (χ4v) is 12.6. The van der Waals surface area contributed by atoms with Crippen molar-refractivity contribution < 1.29 is 38.2 Å². The van der Waals surface area contributed by atoms with Crippen LogP contribution in [0.3, 0.4) is 0 Å². The Morgan fingerprint density at radius 1 is 0.520 bits per heavy atom. The molecule has 4 aliphatic rings. The summed E-state index contributed by atoms with van der Waals surface area (Å²) in [5.41, 5.74) is 11.6. The fraction of sp³-hybridized carbons (Fsp3) is 0.452. The summed E-state index contributed by atoms with van der Waals surface area (Å²) < 4.78 is 14.9. The molecule has 6 amide bonds. The van der Waals surface area contributed by atoms with Gasteiger partial charge in [0.2, 0.25) is 11.2 Å². The number of halogens is 1. The van der Waals surface area contributed by atoms with Crippen molar-refractivity contribution in [2.75, 3.05) is 65.4 Å². The molecule has 6 aromatic heterocycles. The molecule has 25 heteroatoms. The maximum atomic E-state index is 13.5. The third-order valence-corrected chi connectivity index (χ3v) is 17.5. The molecule has 0 spiro atoms. The number of amides is 6. The number of hydrogen-bond donors (Lipinski definition) is 2. The lowest BCUT2D eigenvalue weighted by Gasteiger charge is -2.41. The Labute approximate surface area is 578 Å². The molecule has 12 rings (SSSR count). The van der Waals surface area contributed by atoms with E-state index in [1.54, 1.807) is 96.7 Å². The number of benzene rings is 2. The van der Waals surface area contributed by atoms with Crippen LogP contribution >= 0.6 is 11.6 Å². The van der Waals surface area contributed by atoms with Crippen molar-refractivity contribution in [3.05, 3.63) is 149 Å². The van der Waals surface area contributed by atoms with Gasteiger partial charge in [-0.1, -0.05) is 73.2 Å². The summed E-state index contributed by atoms with van der Waals surface area (Å²) in [7, 11) is 6.91. The lowest BCUT2D eigenvalue weighted by molar-refractivity contribution is -0.00386. The van der Waals surface area contributed by atoms with E-state index in [2.05, 4.69) is 96.0 Å². The van der Waals surface area contributed by atoms with Crippen molar-refractivity contribution in [3.8, 4) is 11.4 Å². The van der Waals surface area contributed by atoms with Gasteiger partial charge in [-0.15, -0.1) is 0 Å². The molecule has 4 fully saturated rings. The number of carbonyl (C=O) groups is 6. The van der Waals surface area contributed by atoms with E-state index in [0.29, 0.717) is 77.6 Å². The highest BCUT2D eigenvalue weighted by Crippen LogP contribution is 2.36. The number of aromatic nitrogens is 8. The first kappa shape index (κ1) is 72.6. The van der Waals surface area contributed by atoms with Gasteiger partial charge >= 0.3 is 12.2 Å². The van der Waals surface area contributed by atoms with Crippen LogP contribution in [0.2, 0.25) is 5.28 Å². The summed E-state index contributed by atoms with van der Waals surface area (Å²) >= 11 is 6.00. The van der Waals surface area contributed by atoms with Crippen molar-refractivity contribution in [3.63, 3.8) is 0 Å². The summed E-state index contributed by atoms with van der Waals surface area (Å²) in [6, 6.07) is 26.5. The number of piperazine rings is 2. The number of rotatable bonds is 8. The lowest BCUT2D eigenvalue weighted by atomic mass is 9.87. The van der Waals surface area contributed by atoms with Crippen LogP contribution in [0.15, 0.2) is 110 Å². The van der Waals surface area contributed by atoms with Crippen molar-refractivity contribution in [1.82, 2.24) is 68.4 Å². The van der Waals surface area contributed by atoms with Crippen LogP contribution in [0.4, 0.5) is 27.2 Å². The van der Waals surface area contributed by atoms with Crippen molar-refractivity contribution in [2.24, 2.45) is 0 Å². The molecule has 4 saturated heterocycles. The van der Waals surface area contributed by atoms with Gasteiger partial charge in [0.25, 0.3) is 23.6 Å². The van der Waals surface area contributed by atoms with Crippen LogP contribution < -0.4 is 11.1 Å². The number of fused-ring (bicyclic) bond motifs is 6. The van der Waals surface area contributed by atoms with Crippen LogP contribution in [-0.2, 0) is 20.3 Å². The highest BCUT2D eigenvalue weighted by molar-refractivity contribution is 6.28. The lowest BCUT2D eigenvalue weighted by Crippen LogP contribution is -2.57. The van der Waals surface area contributed by atoms with Gasteiger partial charge in [-0.25, -0.2) is 29.5 Å². The average molecular weight is 1360 g/mol. The highest BCUT2D eigenvalue weighted by Gasteiger charge is 2.47. The number of ether oxygens (including phenoxy) is 2. The van der Waals surface area contributed by atoms with E-state index in [1.807, 2.05) is 90.8 Å². The second kappa shape index (κ2) is 28.4. The van der Waals surface area contributed by atoms with Gasteiger partial charge < -0.3 is 40.1 Å². The molecule has 0 aliphatic carbocycles. The van der Waals surface area contributed by atoms with E-state index in [1.165, 1.54) is 11.8 Å². The minimum Gasteiger partial charge on any atom is -0.444 e. The monoisotopic (exact) mass is 1360 g/mol. The van der Waals surface area contributed by atoms with Crippen molar-refractivity contribution in [1.29, 1.82) is 0 Å². The molecular weight excluding hydrogens is 1260 g/mol. The maximum Gasteiger partial charge on any atom is 0.410 e. The average Bonchev–Trinajstić information content (AvgIpc) is 1.61. The SMILES string of the molecule is C.CC(C)(C)OC(=O)N1C2CCC1CN(C(=O)c1ccc(N)nc1)C2.CN(C)C(=O)c1cc2cnc(Cl)nc2n1-c1cccc(C(C)(C)C)c1.CN(C)C(=O)c1cc2cnc(Nc3ccc(C(=O)N4CC5CCC(C4)N5C(=O)OC(C)(C)C)cn3)nc2n1-c1cccc(C(C)(C)C)c1. The second-order valence-corrected chi connectivity index (χ2v) is 30.0. The first-order valence-electron chi connectivity index (χ1n) is 32.6. The van der Waals surface area contributed by atoms with Gasteiger partial charge in [-0.3, -0.25) is 38.1 Å². The topological polar surface area (TPSA) is 266 Å². The van der Waals surface area contributed by atoms with E-state index in [4.69, 9.17) is 31.8 Å². The summed E-state index contributed by atoms with van der Waals surface area (Å²) in [5.74, 6) is 0.725. The molecule has 0 saturated carbocycles. The number of anilines is 3. The number of nitrogens with one attached hydrogen (secondary N) is 1. The van der Waals surface area contributed by atoms with Gasteiger partial charge in [0.05, 0.1) is 35.3 Å². The standard InChI is InChI=1S/C36H44N8O4.C19H21ClN4O.C17H24N4O3.CH4/c1-35(2,3)24-10-9-11-25(17-24)44-28(32(46)41(7)8)16-23-19-38-33(40-30(23)44)39-29-15-12-22(18-37-29)31(45)42-20-26-13-14-27(21-42)43(26)34(47)48-36(4,5)6;1-19(2,3)13-7-6-8-14(10-13)24-15(17(25)23(4)5)9-12-11-21-18(20)22-16(12)24;1-17(2,3)24-16(23)21-12-5-6-13(21)10-20(9-12)15(22)11-4-7-14(18)19-8-11;/h9-12,15-19,26-27H,13-14,20-21H2,1-8H3,(H,37,38,39,40);6-11H,1-5H3;4,7-8,12-13H,5-6,9-10H2,1-3H3,(H2,18,19);1H4. The minimum absolute atomic E-state index is 0. The Balaban J connectivity index is 0.000000189. The van der Waals surface area contributed by atoms with E-state index in [-0.39, 0.29) is 83.5 Å². The minimum atomic E-state index is -0.571. The second-order valence-electron chi connectivity index (χ2n) is 29.6. The molecule has 98 heavy (non-hydrogen) atoms. The van der Waals surface area contributed by atoms with Gasteiger partial charge in [0.15, 0.2) is 5.65 Å². The first-order valence-corrected chi connectivity index (χ1v) is 33.0. The summed E-state index contributed by atoms with van der Waals surface area (Å²) in [6.07, 6.45) is 9.25. The number of likely N-dealkylation sites (tertiary alicyclic amines) is 2. The molecule has 4 atom stereocenters. The molecular formula is C73H93ClN16O8. The van der Waals surface area contributed by atoms with E-state index < -0.39 is 11.2 Å². The molecule has 10 heterocycles. The van der Waals surface area contributed by atoms with E-state index >= 15 is 0 Å². The van der Waals surface area contributed by atoms with Crippen LogP contribution in [-0.4, -0.2) is 194 Å². The molecule has 8 aromatic rings. The van der Waals surface area contributed by atoms with Crippen LogP contribution in [0, 0.1) is 0 Å². The predicted octanol–water partition coefficient (Wildman–Crippen LogP) is 12.4. The van der Waals surface area contributed by atoms with E-state index in [0.717, 1.165) is 53.4 Å². The van der Waals surface area contributed by atoms with Crippen LogP contribution in [0.5, 0.6) is 0 Å². The predicted molar refractivity (Wildman–Crippen MR) is 381 cm³/mol. The summed E-state index contributed by atoms with van der Waals surface area (Å²) in [4.78, 5) is 114. The number of nitrogens with two attached hydrogens (primary N) is 1. The maximum absolute atomic E-state index is 13.5. The zero-order valence-electron chi connectivity index (χ0n) is 58.3. The molecule has 4 bridgehead atoms. The largest absolute Gasteiger partial charge is 0.444 e. The Hall–Kier alpha value is -9.71. The third kappa shape index (κ3) is 16.3. The van der Waals surface area contributed by atoms with Crippen LogP contribution in [0.1, 0.15) is 169 Å². The van der Waals surface area contributed by atoms with Gasteiger partial charge in [-0.2, -0.15) is 9.97 Å². The Morgan fingerprint density at radius 2 is 0.929 bits per heavy atom. The molecule has 3 N–H and O–H groups in total. The number of nitrogen functional groups attached to an aromatic ring is 1. The molecule has 0 radical (unpaired) electrons. The summed E-state index contributed by atoms with van der Waals surface area (Å²) in [6.45, 7) is 26.1. The van der Waals surface area contributed by atoms with Gasteiger partial charge in [0.1, 0.15) is 39.9 Å². The van der Waals surface area contributed by atoms with Crippen LogP contribution in [0.25, 0.3) is 33.4 Å². The smallest absolute Gasteiger partial charge is 0.410 e. The van der Waals surface area contributed by atoms with E-state index in [9.17, 15) is 28.8 Å². The fourth-order valence-electron chi connectivity index (χ4n) is 12.5. The molecule has 520 valence electrons. The first-order chi connectivity index (χ1) is 45.5. The number of nitrogens with zero attached hydrogens (tertiary/aromatic N) is 14. The zero-order valence-corrected chi connectivity index (χ0v) is 59.1. The Morgan fingerprint density at radius 3 is 1.31 bits per heavy atom. The number of carbonyl (C=O) groups excluding carboxylic acids is 6. The number of hydrogen-bond acceptors (Lipinski definition) is 16.